The molecule has 0 saturated heterocycles. The molecule has 2 radical (unpaired) electrons. The molecule has 1 rings (SSSR count). The molecule has 0 unspecified atom stereocenters. The fraction of sp³-hybridized carbons (Fsp3) is 1.00. The Labute approximate surface area is 73.3 Å². The molecular weight excluding hydrogens is 183 g/mol. The van der Waals surface area contributed by atoms with E-state index in [-0.39, 0.29) is 0 Å². The van der Waals surface area contributed by atoms with Gasteiger partial charge in [-0.3, -0.25) is 0 Å². The molecule has 58 valence electrons. The molecule has 1 saturated carbocycles. The van der Waals surface area contributed by atoms with Gasteiger partial charge in [0.25, 0.3) is 0 Å². The van der Waals surface area contributed by atoms with E-state index in [1.165, 1.54) is 51.4 Å². The van der Waals surface area contributed by atoms with E-state index < -0.39 is 0 Å². The van der Waals surface area contributed by atoms with Crippen molar-refractivity contribution in [2.24, 2.45) is 0 Å². The summed E-state index contributed by atoms with van der Waals surface area (Å²) in [6.07, 6.45) is 11.8. The second-order valence-corrected chi connectivity index (χ2v) is 4.88. The maximum atomic E-state index is 2.84. The monoisotopic (exact) mass is 200 g/mol. The van der Waals surface area contributed by atoms with E-state index in [1.54, 1.807) is 0 Å². The first-order chi connectivity index (χ1) is 4.89. The van der Waals surface area contributed by atoms with E-state index in [9.17, 15) is 0 Å². The van der Waals surface area contributed by atoms with E-state index in [0.29, 0.717) is 0 Å². The fourth-order valence-corrected chi connectivity index (χ4v) is 2.38. The zero-order valence-electron chi connectivity index (χ0n) is 6.68. The van der Waals surface area contributed by atoms with Crippen molar-refractivity contribution in [3.8, 4) is 0 Å². The van der Waals surface area contributed by atoms with Gasteiger partial charge in [0, 0.05) is 0 Å². The summed E-state index contributed by atoms with van der Waals surface area (Å²) in [5.74, 6) is 0. The van der Waals surface area contributed by atoms with E-state index >= 15 is 0 Å². The van der Waals surface area contributed by atoms with Crippen LogP contribution in [0.2, 0.25) is 4.71 Å². The van der Waals surface area contributed by atoms with Crippen molar-refractivity contribution >= 4 is 16.9 Å². The molecule has 1 heteroatoms. The number of rotatable bonds is 0. The van der Waals surface area contributed by atoms with Crippen LogP contribution in [0.15, 0.2) is 0 Å². The molecule has 0 aliphatic heterocycles. The van der Waals surface area contributed by atoms with Gasteiger partial charge in [-0.05, 0) is 0 Å². The van der Waals surface area contributed by atoms with Crippen LogP contribution in [0.25, 0.3) is 0 Å². The van der Waals surface area contributed by atoms with Gasteiger partial charge < -0.3 is 0 Å². The minimum atomic E-state index is 0.950. The molecule has 0 aromatic heterocycles. The fourth-order valence-electron chi connectivity index (χ4n) is 1.61. The Bertz CT molecular complexity index is 70.8. The molecule has 1 aliphatic rings. The Hall–Kier alpha value is 0.558. The zero-order valence-corrected chi connectivity index (χ0v) is 8.56. The quantitative estimate of drug-likeness (QED) is 0.527. The molecule has 0 bridgehead atoms. The summed E-state index contributed by atoms with van der Waals surface area (Å²) in [5.41, 5.74) is 0. The van der Waals surface area contributed by atoms with Crippen molar-refractivity contribution in [2.75, 3.05) is 0 Å². The van der Waals surface area contributed by atoms with Crippen LogP contribution in [0.3, 0.4) is 0 Å². The second kappa shape index (κ2) is 5.24. The van der Waals surface area contributed by atoms with Crippen molar-refractivity contribution in [3.63, 3.8) is 0 Å². The van der Waals surface area contributed by atoms with Gasteiger partial charge in [-0.25, -0.2) is 0 Å². The van der Waals surface area contributed by atoms with E-state index in [0.717, 1.165) is 4.71 Å². The van der Waals surface area contributed by atoms with Crippen LogP contribution in [0.5, 0.6) is 0 Å². The predicted octanol–water partition coefficient (Wildman–Crippen LogP) is 3.08. The van der Waals surface area contributed by atoms with E-state index in [4.69, 9.17) is 0 Å². The van der Waals surface area contributed by atoms with Crippen LogP contribution in [-0.2, 0) is 0 Å². The standard InChI is InChI=1S/C9H17As/c10-9-7-5-3-1-2-4-6-8-9/h9H,1-8H2. The van der Waals surface area contributed by atoms with Crippen LogP contribution in [-0.4, -0.2) is 16.9 Å². The first kappa shape index (κ1) is 8.65. The summed E-state index contributed by atoms with van der Waals surface area (Å²) >= 11 is 2.84. The van der Waals surface area contributed by atoms with E-state index in [1.807, 2.05) is 0 Å². The summed E-state index contributed by atoms with van der Waals surface area (Å²) in [6.45, 7) is 0. The van der Waals surface area contributed by atoms with Gasteiger partial charge in [-0.2, -0.15) is 0 Å². The topological polar surface area (TPSA) is 0 Å². The summed E-state index contributed by atoms with van der Waals surface area (Å²) < 4.78 is 0.950. The Morgan fingerprint density at radius 2 is 1.10 bits per heavy atom. The summed E-state index contributed by atoms with van der Waals surface area (Å²) in [6, 6.07) is 0. The predicted molar refractivity (Wildman–Crippen MR) is 46.4 cm³/mol. The van der Waals surface area contributed by atoms with Crippen molar-refractivity contribution in [1.29, 1.82) is 0 Å². The Balaban J connectivity index is 2.15. The third-order valence-corrected chi connectivity index (χ3v) is 3.41. The van der Waals surface area contributed by atoms with Crippen LogP contribution in [0.1, 0.15) is 51.4 Å². The molecule has 1 aliphatic carbocycles. The SMILES string of the molecule is [As]C1CCCCCCCC1. The van der Waals surface area contributed by atoms with E-state index in [2.05, 4.69) is 16.9 Å². The first-order valence-corrected chi connectivity index (χ1v) is 5.66. The van der Waals surface area contributed by atoms with Crippen molar-refractivity contribution < 1.29 is 0 Å². The normalized spacial score (nSPS) is 24.9. The third kappa shape index (κ3) is 3.66. The van der Waals surface area contributed by atoms with Crippen LogP contribution in [0, 0.1) is 0 Å². The summed E-state index contributed by atoms with van der Waals surface area (Å²) in [7, 11) is 0. The second-order valence-electron chi connectivity index (χ2n) is 3.35. The average Bonchev–Trinajstić information content (AvgIpc) is 2.02. The van der Waals surface area contributed by atoms with Gasteiger partial charge in [0.2, 0.25) is 0 Å². The Morgan fingerprint density at radius 1 is 0.700 bits per heavy atom. The molecule has 0 aromatic carbocycles. The number of hydrogen-bond acceptors (Lipinski definition) is 0. The van der Waals surface area contributed by atoms with Gasteiger partial charge in [0.05, 0.1) is 0 Å². The minimum absolute atomic E-state index is 0.950. The first-order valence-electron chi connectivity index (χ1n) is 4.57. The molecule has 0 N–H and O–H groups in total. The van der Waals surface area contributed by atoms with Crippen molar-refractivity contribution in [3.05, 3.63) is 0 Å². The van der Waals surface area contributed by atoms with Gasteiger partial charge in [0.15, 0.2) is 0 Å². The third-order valence-electron chi connectivity index (χ3n) is 2.32. The molecule has 0 nitrogen and oxygen atoms in total. The van der Waals surface area contributed by atoms with Crippen molar-refractivity contribution in [2.45, 2.75) is 56.1 Å². The molecule has 0 heterocycles. The summed E-state index contributed by atoms with van der Waals surface area (Å²) in [4.78, 5) is 0. The molecule has 0 atom stereocenters. The molecule has 0 amide bonds. The molecule has 0 spiro atoms. The molecule has 1 fully saturated rings. The maximum absolute atomic E-state index is 2.84. The number of hydrogen-bond donors (Lipinski definition) is 0. The molecule has 0 aromatic rings. The molecular formula is C9H17As. The zero-order chi connectivity index (χ0) is 7.23. The van der Waals surface area contributed by atoms with Crippen LogP contribution >= 0.6 is 0 Å². The average molecular weight is 200 g/mol. The Morgan fingerprint density at radius 3 is 1.60 bits per heavy atom. The van der Waals surface area contributed by atoms with Gasteiger partial charge in [-0.15, -0.1) is 0 Å². The van der Waals surface area contributed by atoms with Crippen LogP contribution in [0.4, 0.5) is 0 Å². The Kier molecular flexibility index (Phi) is 4.53. The van der Waals surface area contributed by atoms with Gasteiger partial charge >= 0.3 is 72.9 Å². The van der Waals surface area contributed by atoms with Crippen LogP contribution < -0.4 is 0 Å². The summed E-state index contributed by atoms with van der Waals surface area (Å²) in [5, 5.41) is 0. The molecule has 10 heavy (non-hydrogen) atoms. The van der Waals surface area contributed by atoms with Gasteiger partial charge in [0.1, 0.15) is 0 Å². The van der Waals surface area contributed by atoms with Crippen molar-refractivity contribution in [1.82, 2.24) is 0 Å². The van der Waals surface area contributed by atoms with Gasteiger partial charge in [-0.1, -0.05) is 0 Å².